The molecule has 0 aromatic carbocycles. The first-order chi connectivity index (χ1) is 5.70. The largest absolute Gasteiger partial charge is 0.303 e. The van der Waals surface area contributed by atoms with Crippen LogP contribution >= 0.6 is 11.8 Å². The predicted octanol–water partition coefficient (Wildman–Crippen LogP) is 1.75. The molecule has 0 saturated carbocycles. The van der Waals surface area contributed by atoms with Gasteiger partial charge in [0.2, 0.25) is 0 Å². The van der Waals surface area contributed by atoms with Gasteiger partial charge >= 0.3 is 0 Å². The highest BCUT2D eigenvalue weighted by atomic mass is 32.2. The molecule has 1 heterocycles. The van der Waals surface area contributed by atoms with Crippen molar-refractivity contribution in [2.24, 2.45) is 0 Å². The molecule has 0 spiro atoms. The van der Waals surface area contributed by atoms with E-state index in [1.165, 1.54) is 37.6 Å². The summed E-state index contributed by atoms with van der Waals surface area (Å²) in [5.74, 6) is 0.978. The molecule has 0 aromatic heterocycles. The van der Waals surface area contributed by atoms with Gasteiger partial charge in [-0.25, -0.2) is 0 Å². The van der Waals surface area contributed by atoms with Gasteiger partial charge in [0.25, 0.3) is 0 Å². The standard InChI is InChI=1S/C9H17NOS/c1-8(11)12-7-9-5-3-4-6-10(9)2/h9H,3-7H2,1-2H3. The summed E-state index contributed by atoms with van der Waals surface area (Å²) in [5, 5.41) is 0.244. The van der Waals surface area contributed by atoms with Gasteiger partial charge in [-0.05, 0) is 26.4 Å². The number of carbonyl (C=O) groups excluding carboxylic acids is 1. The zero-order valence-corrected chi connectivity index (χ0v) is 8.69. The Morgan fingerprint density at radius 2 is 2.33 bits per heavy atom. The van der Waals surface area contributed by atoms with E-state index in [1.807, 2.05) is 0 Å². The van der Waals surface area contributed by atoms with E-state index in [4.69, 9.17) is 0 Å². The maximum absolute atomic E-state index is 10.7. The fourth-order valence-corrected chi connectivity index (χ4v) is 2.42. The van der Waals surface area contributed by atoms with Crippen molar-refractivity contribution in [2.75, 3.05) is 19.3 Å². The smallest absolute Gasteiger partial charge is 0.185 e. The van der Waals surface area contributed by atoms with Gasteiger partial charge in [0.1, 0.15) is 0 Å². The predicted molar refractivity (Wildman–Crippen MR) is 53.4 cm³/mol. The van der Waals surface area contributed by atoms with E-state index in [0.29, 0.717) is 6.04 Å². The Morgan fingerprint density at radius 3 is 2.92 bits per heavy atom. The van der Waals surface area contributed by atoms with E-state index in [-0.39, 0.29) is 5.12 Å². The van der Waals surface area contributed by atoms with Gasteiger partial charge in [0.05, 0.1) is 0 Å². The molecule has 0 N–H and O–H groups in total. The van der Waals surface area contributed by atoms with Crippen LogP contribution in [0.4, 0.5) is 0 Å². The summed E-state index contributed by atoms with van der Waals surface area (Å²) in [4.78, 5) is 13.1. The van der Waals surface area contributed by atoms with Crippen molar-refractivity contribution < 1.29 is 4.79 Å². The molecule has 12 heavy (non-hydrogen) atoms. The summed E-state index contributed by atoms with van der Waals surface area (Å²) in [6.07, 6.45) is 3.90. The highest BCUT2D eigenvalue weighted by Gasteiger charge is 2.18. The molecule has 70 valence electrons. The molecule has 1 rings (SSSR count). The molecule has 1 aliphatic rings. The topological polar surface area (TPSA) is 20.3 Å². The summed E-state index contributed by atoms with van der Waals surface area (Å²) in [6, 6.07) is 0.632. The van der Waals surface area contributed by atoms with Crippen LogP contribution in [0.2, 0.25) is 0 Å². The van der Waals surface area contributed by atoms with Crippen molar-refractivity contribution in [1.82, 2.24) is 4.90 Å². The minimum absolute atomic E-state index is 0.244. The van der Waals surface area contributed by atoms with Gasteiger partial charge in [-0.3, -0.25) is 4.79 Å². The van der Waals surface area contributed by atoms with Crippen LogP contribution < -0.4 is 0 Å². The molecule has 0 aliphatic carbocycles. The van der Waals surface area contributed by atoms with Gasteiger partial charge in [0, 0.05) is 18.7 Å². The Kier molecular flexibility index (Phi) is 4.09. The molecule has 0 amide bonds. The second-order valence-corrected chi connectivity index (χ2v) is 4.63. The Labute approximate surface area is 78.7 Å². The minimum Gasteiger partial charge on any atom is -0.303 e. The van der Waals surface area contributed by atoms with Crippen LogP contribution in [-0.2, 0) is 4.79 Å². The maximum Gasteiger partial charge on any atom is 0.185 e. The monoisotopic (exact) mass is 187 g/mol. The van der Waals surface area contributed by atoms with Crippen molar-refractivity contribution in [1.29, 1.82) is 0 Å². The van der Waals surface area contributed by atoms with Gasteiger partial charge in [-0.15, -0.1) is 0 Å². The zero-order valence-electron chi connectivity index (χ0n) is 7.88. The SMILES string of the molecule is CC(=O)SCC1CCCCN1C. The van der Waals surface area contributed by atoms with Crippen molar-refractivity contribution in [3.05, 3.63) is 0 Å². The van der Waals surface area contributed by atoms with Crippen LogP contribution in [0.3, 0.4) is 0 Å². The Hall–Kier alpha value is -0.0200. The van der Waals surface area contributed by atoms with Crippen LogP contribution in [0.15, 0.2) is 0 Å². The summed E-state index contributed by atoms with van der Waals surface area (Å²) in [5.41, 5.74) is 0. The molecule has 1 unspecified atom stereocenters. The lowest BCUT2D eigenvalue weighted by Crippen LogP contribution is -2.38. The second-order valence-electron chi connectivity index (χ2n) is 3.43. The minimum atomic E-state index is 0.244. The van der Waals surface area contributed by atoms with Crippen LogP contribution in [0.1, 0.15) is 26.2 Å². The molecule has 0 bridgehead atoms. The number of nitrogens with zero attached hydrogens (tertiary/aromatic N) is 1. The van der Waals surface area contributed by atoms with E-state index in [9.17, 15) is 4.79 Å². The molecule has 1 saturated heterocycles. The second kappa shape index (κ2) is 4.87. The molecule has 1 fully saturated rings. The molecule has 0 radical (unpaired) electrons. The Bertz CT molecular complexity index is 161. The Balaban J connectivity index is 2.24. The van der Waals surface area contributed by atoms with Gasteiger partial charge < -0.3 is 4.90 Å². The van der Waals surface area contributed by atoms with Crippen LogP contribution in [-0.4, -0.2) is 35.4 Å². The lowest BCUT2D eigenvalue weighted by molar-refractivity contribution is -0.109. The van der Waals surface area contributed by atoms with E-state index in [2.05, 4.69) is 11.9 Å². The highest BCUT2D eigenvalue weighted by Crippen LogP contribution is 2.18. The van der Waals surface area contributed by atoms with Crippen LogP contribution in [0, 0.1) is 0 Å². The summed E-state index contributed by atoms with van der Waals surface area (Å²) < 4.78 is 0. The molecular formula is C9H17NOS. The van der Waals surface area contributed by atoms with Gasteiger partial charge in [0.15, 0.2) is 5.12 Å². The number of piperidine rings is 1. The van der Waals surface area contributed by atoms with Crippen molar-refractivity contribution in [2.45, 2.75) is 32.2 Å². The van der Waals surface area contributed by atoms with Gasteiger partial charge in [-0.2, -0.15) is 0 Å². The van der Waals surface area contributed by atoms with E-state index < -0.39 is 0 Å². The fraction of sp³-hybridized carbons (Fsp3) is 0.889. The molecular weight excluding hydrogens is 170 g/mol. The normalized spacial score (nSPS) is 25.7. The van der Waals surface area contributed by atoms with Crippen molar-refractivity contribution in [3.63, 3.8) is 0 Å². The zero-order chi connectivity index (χ0) is 8.97. The fourth-order valence-electron chi connectivity index (χ4n) is 1.57. The highest BCUT2D eigenvalue weighted by molar-refractivity contribution is 8.13. The lowest BCUT2D eigenvalue weighted by atomic mass is 10.1. The molecule has 1 aliphatic heterocycles. The van der Waals surface area contributed by atoms with Gasteiger partial charge in [-0.1, -0.05) is 18.2 Å². The van der Waals surface area contributed by atoms with E-state index in [1.54, 1.807) is 6.92 Å². The first-order valence-electron chi connectivity index (χ1n) is 4.54. The first-order valence-corrected chi connectivity index (χ1v) is 5.52. The third-order valence-corrected chi connectivity index (χ3v) is 3.36. The summed E-state index contributed by atoms with van der Waals surface area (Å²) in [6.45, 7) is 2.84. The summed E-state index contributed by atoms with van der Waals surface area (Å²) >= 11 is 1.46. The van der Waals surface area contributed by atoms with Crippen molar-refractivity contribution in [3.8, 4) is 0 Å². The third-order valence-electron chi connectivity index (χ3n) is 2.40. The van der Waals surface area contributed by atoms with E-state index in [0.717, 1.165) is 5.75 Å². The number of carbonyl (C=O) groups is 1. The van der Waals surface area contributed by atoms with Crippen LogP contribution in [0.25, 0.3) is 0 Å². The lowest BCUT2D eigenvalue weighted by Gasteiger charge is -2.31. The number of hydrogen-bond acceptors (Lipinski definition) is 3. The molecule has 3 heteroatoms. The van der Waals surface area contributed by atoms with Crippen LogP contribution in [0.5, 0.6) is 0 Å². The Morgan fingerprint density at radius 1 is 1.58 bits per heavy atom. The number of likely N-dealkylation sites (tertiary alicyclic amines) is 1. The average Bonchev–Trinajstić information content (AvgIpc) is 2.03. The molecule has 0 aromatic rings. The third kappa shape index (κ3) is 3.15. The number of hydrogen-bond donors (Lipinski definition) is 0. The molecule has 1 atom stereocenters. The van der Waals surface area contributed by atoms with E-state index >= 15 is 0 Å². The summed E-state index contributed by atoms with van der Waals surface area (Å²) in [7, 11) is 2.16. The van der Waals surface area contributed by atoms with Crippen molar-refractivity contribution >= 4 is 16.9 Å². The molecule has 2 nitrogen and oxygen atoms in total. The average molecular weight is 187 g/mol. The number of rotatable bonds is 2. The quantitative estimate of drug-likeness (QED) is 0.657. The first kappa shape index (κ1) is 10.1. The maximum atomic E-state index is 10.7. The number of thioether (sulfide) groups is 1.